The lowest BCUT2D eigenvalue weighted by Gasteiger charge is -2.07. The highest BCUT2D eigenvalue weighted by Crippen LogP contribution is 2.54. The Hall–Kier alpha value is -2.20. The third-order valence-electron chi connectivity index (χ3n) is 4.60. The van der Waals surface area contributed by atoms with Gasteiger partial charge in [-0.05, 0) is 42.6 Å². The summed E-state index contributed by atoms with van der Waals surface area (Å²) in [5.74, 6) is 2.12. The molecule has 1 aliphatic carbocycles. The highest BCUT2D eigenvalue weighted by Gasteiger charge is 2.42. The summed E-state index contributed by atoms with van der Waals surface area (Å²) in [5, 5.41) is 7.49. The fourth-order valence-electron chi connectivity index (χ4n) is 3.19. The normalized spacial score (nSPS) is 19.7. The van der Waals surface area contributed by atoms with Crippen molar-refractivity contribution in [2.75, 3.05) is 0 Å². The van der Waals surface area contributed by atoms with E-state index in [1.807, 2.05) is 6.07 Å². The summed E-state index contributed by atoms with van der Waals surface area (Å²) in [5.41, 5.74) is 3.96. The Bertz CT molecular complexity index is 862. The highest BCUT2D eigenvalue weighted by atomic mass is 32.1. The lowest BCUT2D eigenvalue weighted by molar-refractivity contribution is 0.712. The molecule has 1 heterocycles. The van der Waals surface area contributed by atoms with Crippen LogP contribution < -0.4 is 0 Å². The molecule has 0 amide bonds. The van der Waals surface area contributed by atoms with E-state index < -0.39 is 0 Å². The predicted octanol–water partition coefficient (Wildman–Crippen LogP) is 4.57. The zero-order valence-electron chi connectivity index (χ0n) is 13.1. The molecule has 1 aromatic heterocycles. The van der Waals surface area contributed by atoms with Crippen LogP contribution in [0.4, 0.5) is 0 Å². The Morgan fingerprint density at radius 1 is 1.09 bits per heavy atom. The second-order valence-corrected chi connectivity index (χ2v) is 6.70. The Morgan fingerprint density at radius 3 is 2.57 bits per heavy atom. The first-order chi connectivity index (χ1) is 11.2. The Balaban J connectivity index is 1.59. The molecule has 0 spiro atoms. The molecule has 1 saturated carbocycles. The molecule has 1 aliphatic rings. The first-order valence-corrected chi connectivity index (χ1v) is 8.39. The molecule has 116 valence electrons. The lowest BCUT2D eigenvalue weighted by atomic mass is 10.1. The first kappa shape index (κ1) is 14.4. The quantitative estimate of drug-likeness (QED) is 0.714. The van der Waals surface area contributed by atoms with Gasteiger partial charge in [0.25, 0.3) is 0 Å². The zero-order valence-corrected chi connectivity index (χ0v) is 13.9. The summed E-state index contributed by atoms with van der Waals surface area (Å²) in [7, 11) is 0. The average molecular weight is 321 g/mol. The molecule has 0 radical (unpaired) electrons. The van der Waals surface area contributed by atoms with Crippen LogP contribution in [0.1, 0.15) is 40.8 Å². The van der Waals surface area contributed by atoms with Gasteiger partial charge in [0.05, 0.1) is 6.54 Å². The number of benzene rings is 2. The minimum atomic E-state index is 0.467. The number of hydrogen-bond acceptors (Lipinski definition) is 2. The summed E-state index contributed by atoms with van der Waals surface area (Å²) in [6.07, 6.45) is 1.15. The zero-order chi connectivity index (χ0) is 15.8. The number of aromatic nitrogens is 3. The molecule has 0 bridgehead atoms. The Labute approximate surface area is 141 Å². The number of nitrogens with one attached hydrogen (secondary N) is 1. The third-order valence-corrected chi connectivity index (χ3v) is 4.91. The van der Waals surface area contributed by atoms with Crippen LogP contribution in [-0.4, -0.2) is 14.8 Å². The molecule has 4 rings (SSSR count). The molecule has 1 N–H and O–H groups in total. The van der Waals surface area contributed by atoms with Gasteiger partial charge < -0.3 is 0 Å². The maximum Gasteiger partial charge on any atom is 0.195 e. The van der Waals surface area contributed by atoms with Crippen LogP contribution >= 0.6 is 12.2 Å². The summed E-state index contributed by atoms with van der Waals surface area (Å²) in [4.78, 5) is 0. The van der Waals surface area contributed by atoms with Gasteiger partial charge in [0.2, 0.25) is 0 Å². The fourth-order valence-corrected chi connectivity index (χ4v) is 3.40. The molecular weight excluding hydrogens is 302 g/mol. The van der Waals surface area contributed by atoms with Crippen molar-refractivity contribution in [3.05, 3.63) is 81.9 Å². The van der Waals surface area contributed by atoms with Crippen LogP contribution in [0, 0.1) is 11.7 Å². The van der Waals surface area contributed by atoms with E-state index in [-0.39, 0.29) is 0 Å². The molecule has 0 saturated heterocycles. The molecule has 3 aromatic rings. The van der Waals surface area contributed by atoms with Crippen LogP contribution in [0.15, 0.2) is 54.6 Å². The van der Waals surface area contributed by atoms with Crippen molar-refractivity contribution in [1.29, 1.82) is 0 Å². The molecule has 0 aliphatic heterocycles. The molecule has 2 unspecified atom stereocenters. The number of H-pyrrole nitrogens is 1. The maximum absolute atomic E-state index is 5.44. The van der Waals surface area contributed by atoms with Crippen molar-refractivity contribution in [2.24, 2.45) is 0 Å². The van der Waals surface area contributed by atoms with Gasteiger partial charge in [-0.3, -0.25) is 9.67 Å². The van der Waals surface area contributed by atoms with Crippen LogP contribution in [0.2, 0.25) is 0 Å². The van der Waals surface area contributed by atoms with Gasteiger partial charge in [-0.25, -0.2) is 0 Å². The Kier molecular flexibility index (Phi) is 3.62. The van der Waals surface area contributed by atoms with Crippen LogP contribution in [0.3, 0.4) is 0 Å². The average Bonchev–Trinajstić information content (AvgIpc) is 3.28. The largest absolute Gasteiger partial charge is 0.299 e. The van der Waals surface area contributed by atoms with E-state index in [1.54, 1.807) is 0 Å². The van der Waals surface area contributed by atoms with Crippen molar-refractivity contribution in [1.82, 2.24) is 14.8 Å². The molecule has 3 nitrogen and oxygen atoms in total. The minimum Gasteiger partial charge on any atom is -0.299 e. The van der Waals surface area contributed by atoms with E-state index in [0.717, 1.165) is 18.8 Å². The summed E-state index contributed by atoms with van der Waals surface area (Å²) in [6, 6.07) is 19.3. The van der Waals surface area contributed by atoms with Crippen molar-refractivity contribution in [3.63, 3.8) is 0 Å². The van der Waals surface area contributed by atoms with E-state index >= 15 is 0 Å². The van der Waals surface area contributed by atoms with Gasteiger partial charge in [0, 0.05) is 5.92 Å². The van der Waals surface area contributed by atoms with Crippen LogP contribution in [-0.2, 0) is 6.54 Å². The molecule has 2 aromatic carbocycles. The Morgan fingerprint density at radius 2 is 1.83 bits per heavy atom. The highest BCUT2D eigenvalue weighted by molar-refractivity contribution is 7.71. The minimum absolute atomic E-state index is 0.467. The predicted molar refractivity (Wildman–Crippen MR) is 94.2 cm³/mol. The van der Waals surface area contributed by atoms with Gasteiger partial charge >= 0.3 is 0 Å². The van der Waals surface area contributed by atoms with Gasteiger partial charge in [-0.1, -0.05) is 60.2 Å². The number of rotatable bonds is 4. The molecule has 23 heavy (non-hydrogen) atoms. The van der Waals surface area contributed by atoms with E-state index in [9.17, 15) is 0 Å². The number of hydrogen-bond donors (Lipinski definition) is 1. The van der Waals surface area contributed by atoms with Crippen molar-refractivity contribution < 1.29 is 0 Å². The van der Waals surface area contributed by atoms with Crippen molar-refractivity contribution >= 4 is 12.2 Å². The van der Waals surface area contributed by atoms with Gasteiger partial charge in [0.1, 0.15) is 5.82 Å². The smallest absolute Gasteiger partial charge is 0.195 e. The standard InChI is InChI=1S/C19H19N3S/c1-13-7-9-15(10-8-13)16-11-17(16)18-20-21-19(23)22(18)12-14-5-3-2-4-6-14/h2-10,16-17H,11-12H2,1H3,(H,21,23). The van der Waals surface area contributed by atoms with E-state index in [4.69, 9.17) is 12.2 Å². The van der Waals surface area contributed by atoms with Gasteiger partial charge in [0.15, 0.2) is 4.77 Å². The van der Waals surface area contributed by atoms with Gasteiger partial charge in [-0.2, -0.15) is 5.10 Å². The summed E-state index contributed by atoms with van der Waals surface area (Å²) < 4.78 is 2.85. The monoisotopic (exact) mass is 321 g/mol. The van der Waals surface area contributed by atoms with E-state index in [2.05, 4.69) is 70.2 Å². The summed E-state index contributed by atoms with van der Waals surface area (Å²) >= 11 is 5.44. The SMILES string of the molecule is Cc1ccc(C2CC2c2n[nH]c(=S)n2Cc2ccccc2)cc1. The van der Waals surface area contributed by atoms with Crippen LogP contribution in [0.25, 0.3) is 0 Å². The number of aromatic amines is 1. The van der Waals surface area contributed by atoms with E-state index in [1.165, 1.54) is 16.7 Å². The fraction of sp³-hybridized carbons (Fsp3) is 0.263. The van der Waals surface area contributed by atoms with Gasteiger partial charge in [-0.15, -0.1) is 0 Å². The molecule has 1 fully saturated rings. The maximum atomic E-state index is 5.44. The second-order valence-electron chi connectivity index (χ2n) is 6.32. The molecule has 4 heteroatoms. The topological polar surface area (TPSA) is 33.6 Å². The number of nitrogens with zero attached hydrogens (tertiary/aromatic N) is 2. The van der Waals surface area contributed by atoms with Crippen LogP contribution in [0.5, 0.6) is 0 Å². The van der Waals surface area contributed by atoms with Crippen molar-refractivity contribution in [2.45, 2.75) is 31.7 Å². The molecular formula is C19H19N3S. The number of aryl methyl sites for hydroxylation is 1. The molecule has 2 atom stereocenters. The van der Waals surface area contributed by atoms with E-state index in [0.29, 0.717) is 16.6 Å². The first-order valence-electron chi connectivity index (χ1n) is 7.98. The lowest BCUT2D eigenvalue weighted by Crippen LogP contribution is -2.05. The summed E-state index contributed by atoms with van der Waals surface area (Å²) in [6.45, 7) is 2.90. The third kappa shape index (κ3) is 2.86. The van der Waals surface area contributed by atoms with Crippen molar-refractivity contribution in [3.8, 4) is 0 Å². The second kappa shape index (κ2) is 5.78.